The van der Waals surface area contributed by atoms with Crippen molar-refractivity contribution in [3.05, 3.63) is 54.1 Å². The molecule has 1 amide bonds. The fourth-order valence-electron chi connectivity index (χ4n) is 4.17. The van der Waals surface area contributed by atoms with Crippen molar-refractivity contribution < 1.29 is 9.53 Å². The first-order chi connectivity index (χ1) is 13.7. The molecule has 4 rings (SSSR count). The van der Waals surface area contributed by atoms with Crippen LogP contribution in [-0.2, 0) is 11.2 Å². The average molecular weight is 380 g/mol. The molecule has 0 bridgehead atoms. The molecule has 0 spiro atoms. The molecule has 5 nitrogen and oxygen atoms in total. The van der Waals surface area contributed by atoms with Crippen LogP contribution in [0.2, 0.25) is 0 Å². The first kappa shape index (κ1) is 18.7. The molecular formula is C23H29N3O2. The number of nitrogens with zero attached hydrogens (tertiary/aromatic N) is 3. The second-order valence-corrected chi connectivity index (χ2v) is 7.58. The number of rotatable bonds is 5. The summed E-state index contributed by atoms with van der Waals surface area (Å²) in [6.45, 7) is 5.47. The van der Waals surface area contributed by atoms with Crippen LogP contribution < -0.4 is 14.5 Å². The minimum Gasteiger partial charge on any atom is -0.495 e. The smallest absolute Gasteiger partial charge is 0.227 e. The predicted molar refractivity (Wildman–Crippen MR) is 113 cm³/mol. The number of benzene rings is 2. The van der Waals surface area contributed by atoms with E-state index in [-0.39, 0.29) is 5.91 Å². The van der Waals surface area contributed by atoms with E-state index in [2.05, 4.69) is 40.1 Å². The molecule has 0 unspecified atom stereocenters. The van der Waals surface area contributed by atoms with Crippen molar-refractivity contribution >= 4 is 17.3 Å². The quantitative estimate of drug-likeness (QED) is 0.799. The topological polar surface area (TPSA) is 36.0 Å². The summed E-state index contributed by atoms with van der Waals surface area (Å²) in [6.07, 6.45) is 3.04. The van der Waals surface area contributed by atoms with E-state index in [1.54, 1.807) is 7.11 Å². The monoisotopic (exact) mass is 379 g/mol. The van der Waals surface area contributed by atoms with Gasteiger partial charge in [-0.3, -0.25) is 4.79 Å². The summed E-state index contributed by atoms with van der Waals surface area (Å²) >= 11 is 0. The largest absolute Gasteiger partial charge is 0.495 e. The molecule has 0 N–H and O–H groups in total. The number of carbonyl (C=O) groups is 1. The molecule has 0 radical (unpaired) electrons. The lowest BCUT2D eigenvalue weighted by atomic mass is 10.1. The average Bonchev–Trinajstić information content (AvgIpc) is 3.29. The van der Waals surface area contributed by atoms with Crippen molar-refractivity contribution in [3.8, 4) is 5.75 Å². The van der Waals surface area contributed by atoms with Crippen LogP contribution >= 0.6 is 0 Å². The fourth-order valence-corrected chi connectivity index (χ4v) is 4.17. The molecule has 2 heterocycles. The Kier molecular flexibility index (Phi) is 5.70. The van der Waals surface area contributed by atoms with Crippen molar-refractivity contribution in [2.75, 3.05) is 56.2 Å². The van der Waals surface area contributed by atoms with Crippen molar-refractivity contribution in [1.82, 2.24) is 4.90 Å². The summed E-state index contributed by atoms with van der Waals surface area (Å²) in [5, 5.41) is 0. The molecule has 28 heavy (non-hydrogen) atoms. The standard InChI is InChI=1S/C23H29N3O2/c1-28-22-7-3-2-6-21(22)25-14-16-26(17-15-25)23(27)18-19-8-10-20(11-9-19)24-12-4-5-13-24/h2-3,6-11H,4-5,12-18H2,1H3. The van der Waals surface area contributed by atoms with Gasteiger partial charge in [-0.15, -0.1) is 0 Å². The number of carbonyl (C=O) groups excluding carboxylic acids is 1. The third-order valence-corrected chi connectivity index (χ3v) is 5.82. The lowest BCUT2D eigenvalue weighted by Crippen LogP contribution is -2.49. The zero-order valence-electron chi connectivity index (χ0n) is 16.6. The minimum absolute atomic E-state index is 0.216. The van der Waals surface area contributed by atoms with E-state index in [1.165, 1.54) is 18.5 Å². The molecule has 0 saturated carbocycles. The predicted octanol–water partition coefficient (Wildman–Crippen LogP) is 3.19. The Hall–Kier alpha value is -2.69. The lowest BCUT2D eigenvalue weighted by Gasteiger charge is -2.36. The van der Waals surface area contributed by atoms with E-state index in [1.807, 2.05) is 23.1 Å². The summed E-state index contributed by atoms with van der Waals surface area (Å²) in [6, 6.07) is 16.6. The number of hydrogen-bond donors (Lipinski definition) is 0. The van der Waals surface area contributed by atoms with Crippen LogP contribution in [0.3, 0.4) is 0 Å². The summed E-state index contributed by atoms with van der Waals surface area (Å²) in [5.41, 5.74) is 3.48. The van der Waals surface area contributed by atoms with Gasteiger partial charge in [0.05, 0.1) is 19.2 Å². The zero-order chi connectivity index (χ0) is 19.3. The number of piperazine rings is 1. The summed E-state index contributed by atoms with van der Waals surface area (Å²) in [7, 11) is 1.70. The number of hydrogen-bond acceptors (Lipinski definition) is 4. The molecule has 2 aliphatic heterocycles. The van der Waals surface area contributed by atoms with Gasteiger partial charge in [0.15, 0.2) is 0 Å². The Morgan fingerprint density at radius 1 is 0.857 bits per heavy atom. The van der Waals surface area contributed by atoms with E-state index in [0.29, 0.717) is 6.42 Å². The molecule has 2 aromatic rings. The minimum atomic E-state index is 0.216. The highest BCUT2D eigenvalue weighted by Gasteiger charge is 2.23. The maximum absolute atomic E-state index is 12.7. The van der Waals surface area contributed by atoms with E-state index in [9.17, 15) is 4.79 Å². The number of para-hydroxylation sites is 2. The Balaban J connectivity index is 1.31. The van der Waals surface area contributed by atoms with E-state index in [4.69, 9.17) is 4.74 Å². The van der Waals surface area contributed by atoms with Crippen LogP contribution in [0, 0.1) is 0 Å². The summed E-state index contributed by atoms with van der Waals surface area (Å²) < 4.78 is 5.47. The van der Waals surface area contributed by atoms with Gasteiger partial charge in [-0.1, -0.05) is 24.3 Å². The highest BCUT2D eigenvalue weighted by Crippen LogP contribution is 2.28. The Labute approximate surface area is 167 Å². The van der Waals surface area contributed by atoms with Gasteiger partial charge in [-0.25, -0.2) is 0 Å². The molecule has 2 aromatic carbocycles. The number of amides is 1. The van der Waals surface area contributed by atoms with Crippen LogP contribution in [0.5, 0.6) is 5.75 Å². The van der Waals surface area contributed by atoms with Crippen LogP contribution in [-0.4, -0.2) is 57.2 Å². The molecule has 0 aliphatic carbocycles. The van der Waals surface area contributed by atoms with Crippen molar-refractivity contribution in [1.29, 1.82) is 0 Å². The van der Waals surface area contributed by atoms with Gasteiger partial charge in [0.2, 0.25) is 5.91 Å². The van der Waals surface area contributed by atoms with Gasteiger partial charge in [0.25, 0.3) is 0 Å². The summed E-state index contributed by atoms with van der Waals surface area (Å²) in [4.78, 5) is 19.5. The fraction of sp³-hybridized carbons (Fsp3) is 0.435. The van der Waals surface area contributed by atoms with Crippen LogP contribution in [0.4, 0.5) is 11.4 Å². The van der Waals surface area contributed by atoms with Gasteiger partial charge < -0.3 is 19.4 Å². The Bertz CT molecular complexity index is 792. The van der Waals surface area contributed by atoms with Gasteiger partial charge in [-0.2, -0.15) is 0 Å². The van der Waals surface area contributed by atoms with Gasteiger partial charge in [-0.05, 0) is 42.7 Å². The normalized spacial score (nSPS) is 17.1. The van der Waals surface area contributed by atoms with Crippen LogP contribution in [0.1, 0.15) is 18.4 Å². The second kappa shape index (κ2) is 8.55. The first-order valence-electron chi connectivity index (χ1n) is 10.2. The third kappa shape index (κ3) is 4.08. The number of methoxy groups -OCH3 is 1. The molecule has 0 aromatic heterocycles. The molecule has 2 aliphatic rings. The highest BCUT2D eigenvalue weighted by atomic mass is 16.5. The Morgan fingerprint density at radius 3 is 2.21 bits per heavy atom. The first-order valence-corrected chi connectivity index (χ1v) is 10.2. The maximum Gasteiger partial charge on any atom is 0.227 e. The lowest BCUT2D eigenvalue weighted by molar-refractivity contribution is -0.130. The molecular weight excluding hydrogens is 350 g/mol. The second-order valence-electron chi connectivity index (χ2n) is 7.58. The molecule has 5 heteroatoms. The summed E-state index contributed by atoms with van der Waals surface area (Å²) in [5.74, 6) is 1.11. The van der Waals surface area contributed by atoms with Crippen molar-refractivity contribution in [3.63, 3.8) is 0 Å². The van der Waals surface area contributed by atoms with Crippen molar-refractivity contribution in [2.24, 2.45) is 0 Å². The molecule has 2 fully saturated rings. The third-order valence-electron chi connectivity index (χ3n) is 5.82. The number of ether oxygens (including phenoxy) is 1. The highest BCUT2D eigenvalue weighted by molar-refractivity contribution is 5.79. The van der Waals surface area contributed by atoms with Gasteiger partial charge >= 0.3 is 0 Å². The SMILES string of the molecule is COc1ccccc1N1CCN(C(=O)Cc2ccc(N3CCCC3)cc2)CC1. The van der Waals surface area contributed by atoms with E-state index < -0.39 is 0 Å². The van der Waals surface area contributed by atoms with Crippen molar-refractivity contribution in [2.45, 2.75) is 19.3 Å². The molecule has 2 saturated heterocycles. The van der Waals surface area contributed by atoms with Gasteiger partial charge in [0.1, 0.15) is 5.75 Å². The van der Waals surface area contributed by atoms with Crippen LogP contribution in [0.25, 0.3) is 0 Å². The van der Waals surface area contributed by atoms with Crippen LogP contribution in [0.15, 0.2) is 48.5 Å². The van der Waals surface area contributed by atoms with Gasteiger partial charge in [0, 0.05) is 45.0 Å². The number of anilines is 2. The maximum atomic E-state index is 12.7. The van der Waals surface area contributed by atoms with E-state index in [0.717, 1.165) is 56.3 Å². The van der Waals surface area contributed by atoms with E-state index >= 15 is 0 Å². The zero-order valence-corrected chi connectivity index (χ0v) is 16.6. The molecule has 0 atom stereocenters. The molecule has 148 valence electrons. The Morgan fingerprint density at radius 2 is 1.54 bits per heavy atom.